The Morgan fingerprint density at radius 3 is 2.23 bits per heavy atom. The third kappa shape index (κ3) is 4.28. The predicted molar refractivity (Wildman–Crippen MR) is 105 cm³/mol. The Labute approximate surface area is 166 Å². The van der Waals surface area contributed by atoms with Crippen LogP contribution in [0.4, 0.5) is 0 Å². The van der Waals surface area contributed by atoms with Crippen molar-refractivity contribution in [1.29, 1.82) is 0 Å². The van der Waals surface area contributed by atoms with Gasteiger partial charge in [-0.3, -0.25) is 4.79 Å². The van der Waals surface area contributed by atoms with Crippen LogP contribution < -0.4 is 0 Å². The van der Waals surface area contributed by atoms with Crippen molar-refractivity contribution in [2.24, 2.45) is 0 Å². The van der Waals surface area contributed by atoms with Gasteiger partial charge in [-0.25, -0.2) is 8.42 Å². The highest BCUT2D eigenvalue weighted by Gasteiger charge is 2.31. The number of amides is 1. The summed E-state index contributed by atoms with van der Waals surface area (Å²) in [6.45, 7) is 1.28. The van der Waals surface area contributed by atoms with Crippen molar-refractivity contribution in [2.75, 3.05) is 26.2 Å². The van der Waals surface area contributed by atoms with E-state index >= 15 is 0 Å². The molecule has 1 saturated heterocycles. The summed E-state index contributed by atoms with van der Waals surface area (Å²) in [5.41, 5.74) is 0.935. The summed E-state index contributed by atoms with van der Waals surface area (Å²) in [7, 11) is -3.65. The van der Waals surface area contributed by atoms with Crippen LogP contribution in [0.5, 0.6) is 0 Å². The minimum absolute atomic E-state index is 0.00196. The molecular weight excluding hydrogens is 440 g/mol. The number of halogens is 2. The Morgan fingerprint density at radius 2 is 1.62 bits per heavy atom. The monoisotopic (exact) mass is 456 g/mol. The predicted octanol–water partition coefficient (Wildman–Crippen LogP) is 3.18. The van der Waals surface area contributed by atoms with Crippen LogP contribution in [-0.2, 0) is 21.2 Å². The number of benzene rings is 2. The second-order valence-corrected chi connectivity index (χ2v) is 9.25. The largest absolute Gasteiger partial charge is 0.340 e. The third-order valence-corrected chi connectivity index (χ3v) is 7.24. The van der Waals surface area contributed by atoms with E-state index in [0.717, 1.165) is 10.0 Å². The summed E-state index contributed by atoms with van der Waals surface area (Å²) in [6, 6.07) is 14.0. The lowest BCUT2D eigenvalue weighted by molar-refractivity contribution is -0.131. The molecule has 2 aromatic rings. The first-order valence-corrected chi connectivity index (χ1v) is 10.8. The lowest BCUT2D eigenvalue weighted by atomic mass is 10.1. The van der Waals surface area contributed by atoms with Gasteiger partial charge in [0.25, 0.3) is 0 Å². The average Bonchev–Trinajstić information content (AvgIpc) is 2.64. The molecule has 8 heteroatoms. The summed E-state index contributed by atoms with van der Waals surface area (Å²) in [5.74, 6) is 0.00196. The summed E-state index contributed by atoms with van der Waals surface area (Å²) in [6.07, 6.45) is 0.310. The molecule has 1 fully saturated rings. The SMILES string of the molecule is O=C(Cc1ccc(Br)cc1)N1CCN(S(=O)(=O)c2ccccc2Cl)CC1. The van der Waals surface area contributed by atoms with Crippen molar-refractivity contribution in [2.45, 2.75) is 11.3 Å². The maximum Gasteiger partial charge on any atom is 0.244 e. The van der Waals surface area contributed by atoms with E-state index in [1.54, 1.807) is 23.1 Å². The fourth-order valence-electron chi connectivity index (χ4n) is 2.86. The van der Waals surface area contributed by atoms with Crippen LogP contribution >= 0.6 is 27.5 Å². The molecule has 0 atom stereocenters. The van der Waals surface area contributed by atoms with Gasteiger partial charge in [0.2, 0.25) is 15.9 Å². The molecule has 0 radical (unpaired) electrons. The van der Waals surface area contributed by atoms with E-state index in [2.05, 4.69) is 15.9 Å². The fourth-order valence-corrected chi connectivity index (χ4v) is 5.04. The molecule has 0 N–H and O–H groups in total. The molecule has 1 aliphatic heterocycles. The molecule has 138 valence electrons. The smallest absolute Gasteiger partial charge is 0.244 e. The van der Waals surface area contributed by atoms with E-state index in [4.69, 9.17) is 11.6 Å². The minimum Gasteiger partial charge on any atom is -0.340 e. The number of sulfonamides is 1. The number of hydrogen-bond donors (Lipinski definition) is 0. The molecule has 3 rings (SSSR count). The Hall–Kier alpha value is -1.41. The molecule has 5 nitrogen and oxygen atoms in total. The van der Waals surface area contributed by atoms with Crippen molar-refractivity contribution < 1.29 is 13.2 Å². The van der Waals surface area contributed by atoms with Gasteiger partial charge in [0, 0.05) is 30.7 Å². The van der Waals surface area contributed by atoms with Gasteiger partial charge in [-0.05, 0) is 29.8 Å². The molecule has 0 spiro atoms. The average molecular weight is 458 g/mol. The normalized spacial score (nSPS) is 15.8. The Balaban J connectivity index is 1.62. The lowest BCUT2D eigenvalue weighted by Crippen LogP contribution is -2.50. The van der Waals surface area contributed by atoms with Crippen LogP contribution in [-0.4, -0.2) is 49.7 Å². The number of carbonyl (C=O) groups excluding carboxylic acids is 1. The minimum atomic E-state index is -3.65. The number of nitrogens with zero attached hydrogens (tertiary/aromatic N) is 2. The molecule has 1 aliphatic rings. The molecular formula is C18H18BrClN2O3S. The van der Waals surface area contributed by atoms with E-state index < -0.39 is 10.0 Å². The van der Waals surface area contributed by atoms with Crippen LogP contribution in [0.25, 0.3) is 0 Å². The Morgan fingerprint density at radius 1 is 1.00 bits per heavy atom. The third-order valence-electron chi connectivity index (χ3n) is 4.31. The first-order valence-electron chi connectivity index (χ1n) is 8.15. The van der Waals surface area contributed by atoms with E-state index in [-0.39, 0.29) is 28.9 Å². The summed E-state index contributed by atoms with van der Waals surface area (Å²) in [4.78, 5) is 14.3. The highest BCUT2D eigenvalue weighted by atomic mass is 79.9. The van der Waals surface area contributed by atoms with E-state index in [0.29, 0.717) is 19.5 Å². The number of piperazine rings is 1. The first kappa shape index (κ1) is 19.4. The van der Waals surface area contributed by atoms with Crippen molar-refractivity contribution in [3.63, 3.8) is 0 Å². The van der Waals surface area contributed by atoms with Gasteiger partial charge >= 0.3 is 0 Å². The lowest BCUT2D eigenvalue weighted by Gasteiger charge is -2.34. The highest BCUT2D eigenvalue weighted by Crippen LogP contribution is 2.25. The standard InChI is InChI=1S/C18H18BrClN2O3S/c19-15-7-5-14(6-8-15)13-18(23)21-9-11-22(12-10-21)26(24,25)17-4-2-1-3-16(17)20/h1-8H,9-13H2. The van der Waals surface area contributed by atoms with Gasteiger partial charge in [-0.2, -0.15) is 4.31 Å². The Bertz CT molecular complexity index is 895. The second-order valence-electron chi connectivity index (χ2n) is 6.02. The van der Waals surface area contributed by atoms with Gasteiger partial charge in [0.05, 0.1) is 11.4 Å². The van der Waals surface area contributed by atoms with Crippen molar-refractivity contribution in [3.05, 3.63) is 63.6 Å². The van der Waals surface area contributed by atoms with E-state index in [9.17, 15) is 13.2 Å². The number of rotatable bonds is 4. The maximum atomic E-state index is 12.7. The van der Waals surface area contributed by atoms with Crippen molar-refractivity contribution >= 4 is 43.5 Å². The van der Waals surface area contributed by atoms with Crippen LogP contribution in [0.3, 0.4) is 0 Å². The fraction of sp³-hybridized carbons (Fsp3) is 0.278. The van der Waals surface area contributed by atoms with E-state index in [1.165, 1.54) is 10.4 Å². The summed E-state index contributed by atoms with van der Waals surface area (Å²) in [5, 5.41) is 0.209. The molecule has 1 amide bonds. The number of hydrogen-bond acceptors (Lipinski definition) is 3. The van der Waals surface area contributed by atoms with Gasteiger partial charge in [0.1, 0.15) is 4.90 Å². The molecule has 0 bridgehead atoms. The van der Waals surface area contributed by atoms with Crippen LogP contribution in [0.2, 0.25) is 5.02 Å². The topological polar surface area (TPSA) is 57.7 Å². The van der Waals surface area contributed by atoms with Crippen molar-refractivity contribution in [1.82, 2.24) is 9.21 Å². The molecule has 2 aromatic carbocycles. The second kappa shape index (κ2) is 8.08. The summed E-state index contributed by atoms with van der Waals surface area (Å²) < 4.78 is 27.8. The zero-order chi connectivity index (χ0) is 18.7. The van der Waals surface area contributed by atoms with Gasteiger partial charge in [-0.1, -0.05) is 51.8 Å². The maximum absolute atomic E-state index is 12.7. The first-order chi connectivity index (χ1) is 12.4. The van der Waals surface area contributed by atoms with Gasteiger partial charge in [0.15, 0.2) is 0 Å². The van der Waals surface area contributed by atoms with E-state index in [1.807, 2.05) is 24.3 Å². The summed E-state index contributed by atoms with van der Waals surface area (Å²) >= 11 is 9.41. The molecule has 0 aromatic heterocycles. The highest BCUT2D eigenvalue weighted by molar-refractivity contribution is 9.10. The van der Waals surface area contributed by atoms with Gasteiger partial charge in [-0.15, -0.1) is 0 Å². The molecule has 0 unspecified atom stereocenters. The molecule has 0 aliphatic carbocycles. The van der Waals surface area contributed by atoms with Crippen molar-refractivity contribution in [3.8, 4) is 0 Å². The Kier molecular flexibility index (Phi) is 6.02. The zero-order valence-electron chi connectivity index (χ0n) is 13.9. The number of carbonyl (C=O) groups is 1. The molecule has 26 heavy (non-hydrogen) atoms. The van der Waals surface area contributed by atoms with Crippen LogP contribution in [0.15, 0.2) is 57.9 Å². The van der Waals surface area contributed by atoms with Crippen LogP contribution in [0, 0.1) is 0 Å². The quantitative estimate of drug-likeness (QED) is 0.708. The zero-order valence-corrected chi connectivity index (χ0v) is 17.1. The molecule has 1 heterocycles. The molecule has 0 saturated carbocycles. The van der Waals surface area contributed by atoms with Crippen LogP contribution in [0.1, 0.15) is 5.56 Å². The van der Waals surface area contributed by atoms with Gasteiger partial charge < -0.3 is 4.90 Å².